The Kier molecular flexibility index (Phi) is 5.81. The summed E-state index contributed by atoms with van der Waals surface area (Å²) in [4.78, 5) is 0. The highest BCUT2D eigenvalue weighted by Gasteiger charge is 2.14. The summed E-state index contributed by atoms with van der Waals surface area (Å²) in [6.45, 7) is 4.47. The Bertz CT molecular complexity index is 507. The predicted molar refractivity (Wildman–Crippen MR) is 89.8 cm³/mol. The second-order valence-electron chi connectivity index (χ2n) is 5.19. The maximum absolute atomic E-state index is 3.75. The molecule has 1 unspecified atom stereocenters. The first kappa shape index (κ1) is 15.3. The Hall–Kier alpha value is -1.12. The van der Waals surface area contributed by atoms with Crippen LogP contribution in [0, 0.1) is 0 Å². The summed E-state index contributed by atoms with van der Waals surface area (Å²) < 4.78 is 1.13. The van der Waals surface area contributed by atoms with Crippen LogP contribution < -0.4 is 5.32 Å². The molecule has 1 N–H and O–H groups in total. The first-order chi connectivity index (χ1) is 9.70. The number of rotatable bonds is 6. The first-order valence-electron chi connectivity index (χ1n) is 7.27. The summed E-state index contributed by atoms with van der Waals surface area (Å²) >= 11 is 3.49. The third-order valence-electron chi connectivity index (χ3n) is 3.60. The van der Waals surface area contributed by atoms with E-state index in [1.165, 1.54) is 17.5 Å². The highest BCUT2D eigenvalue weighted by molar-refractivity contribution is 9.10. The minimum atomic E-state index is 0.347. The van der Waals surface area contributed by atoms with Crippen LogP contribution in [-0.4, -0.2) is 0 Å². The molecule has 0 amide bonds. The SMILES string of the molecule is CCCC(N[C@@H](C)c1ccc(Br)cc1)c1ccccc1. The summed E-state index contributed by atoms with van der Waals surface area (Å²) in [5.74, 6) is 0. The second-order valence-corrected chi connectivity index (χ2v) is 6.11. The highest BCUT2D eigenvalue weighted by atomic mass is 79.9. The van der Waals surface area contributed by atoms with E-state index in [4.69, 9.17) is 0 Å². The van der Waals surface area contributed by atoms with Gasteiger partial charge in [-0.2, -0.15) is 0 Å². The lowest BCUT2D eigenvalue weighted by Gasteiger charge is -2.24. The van der Waals surface area contributed by atoms with Crippen molar-refractivity contribution in [2.24, 2.45) is 0 Å². The Morgan fingerprint density at radius 1 is 0.950 bits per heavy atom. The van der Waals surface area contributed by atoms with Gasteiger partial charge in [0.15, 0.2) is 0 Å². The summed E-state index contributed by atoms with van der Waals surface area (Å²) in [7, 11) is 0. The zero-order chi connectivity index (χ0) is 14.4. The van der Waals surface area contributed by atoms with Gasteiger partial charge in [-0.15, -0.1) is 0 Å². The molecule has 0 saturated carbocycles. The van der Waals surface area contributed by atoms with E-state index in [-0.39, 0.29) is 0 Å². The fourth-order valence-corrected chi connectivity index (χ4v) is 2.73. The fourth-order valence-electron chi connectivity index (χ4n) is 2.47. The predicted octanol–water partition coefficient (Wildman–Crippen LogP) is 5.64. The summed E-state index contributed by atoms with van der Waals surface area (Å²) in [5.41, 5.74) is 2.70. The van der Waals surface area contributed by atoms with E-state index in [2.05, 4.69) is 89.7 Å². The van der Waals surface area contributed by atoms with Gasteiger partial charge in [-0.3, -0.25) is 0 Å². The fraction of sp³-hybridized carbons (Fsp3) is 0.333. The summed E-state index contributed by atoms with van der Waals surface area (Å²) in [6.07, 6.45) is 2.34. The molecule has 0 fully saturated rings. The topological polar surface area (TPSA) is 12.0 Å². The number of hydrogen-bond acceptors (Lipinski definition) is 1. The van der Waals surface area contributed by atoms with Gasteiger partial charge in [0.05, 0.1) is 0 Å². The zero-order valence-corrected chi connectivity index (χ0v) is 13.7. The maximum atomic E-state index is 3.75. The monoisotopic (exact) mass is 331 g/mol. The molecule has 0 aliphatic carbocycles. The molecule has 0 saturated heterocycles. The van der Waals surface area contributed by atoms with Crippen molar-refractivity contribution in [1.82, 2.24) is 5.32 Å². The lowest BCUT2D eigenvalue weighted by Crippen LogP contribution is -2.24. The minimum Gasteiger partial charge on any atom is -0.303 e. The van der Waals surface area contributed by atoms with Gasteiger partial charge < -0.3 is 5.32 Å². The molecule has 0 aliphatic rings. The van der Waals surface area contributed by atoms with Crippen LogP contribution in [0.3, 0.4) is 0 Å². The van der Waals surface area contributed by atoms with Crippen molar-refractivity contribution in [1.29, 1.82) is 0 Å². The molecule has 2 aromatic rings. The van der Waals surface area contributed by atoms with E-state index in [9.17, 15) is 0 Å². The van der Waals surface area contributed by atoms with E-state index in [0.717, 1.165) is 10.9 Å². The molecule has 2 atom stereocenters. The molecule has 106 valence electrons. The van der Waals surface area contributed by atoms with Crippen molar-refractivity contribution in [2.75, 3.05) is 0 Å². The van der Waals surface area contributed by atoms with Crippen molar-refractivity contribution in [3.8, 4) is 0 Å². The molecule has 2 rings (SSSR count). The Labute approximate surface area is 130 Å². The van der Waals surface area contributed by atoms with Gasteiger partial charge in [-0.25, -0.2) is 0 Å². The van der Waals surface area contributed by atoms with Crippen LogP contribution in [0.5, 0.6) is 0 Å². The summed E-state index contributed by atoms with van der Waals surface area (Å²) in [6, 6.07) is 20.0. The molecule has 2 aromatic carbocycles. The van der Waals surface area contributed by atoms with Gasteiger partial charge in [0, 0.05) is 16.6 Å². The van der Waals surface area contributed by atoms with Crippen LogP contribution >= 0.6 is 15.9 Å². The van der Waals surface area contributed by atoms with E-state index < -0.39 is 0 Å². The average Bonchev–Trinajstić information content (AvgIpc) is 2.48. The Morgan fingerprint density at radius 3 is 2.20 bits per heavy atom. The first-order valence-corrected chi connectivity index (χ1v) is 8.06. The molecule has 0 radical (unpaired) electrons. The van der Waals surface area contributed by atoms with Gasteiger partial charge in [0.25, 0.3) is 0 Å². The van der Waals surface area contributed by atoms with E-state index in [0.29, 0.717) is 12.1 Å². The minimum absolute atomic E-state index is 0.347. The van der Waals surface area contributed by atoms with Crippen LogP contribution in [0.25, 0.3) is 0 Å². The van der Waals surface area contributed by atoms with Crippen molar-refractivity contribution in [3.05, 3.63) is 70.2 Å². The van der Waals surface area contributed by atoms with Gasteiger partial charge in [0.1, 0.15) is 0 Å². The third-order valence-corrected chi connectivity index (χ3v) is 4.13. The van der Waals surface area contributed by atoms with Crippen LogP contribution in [0.15, 0.2) is 59.1 Å². The molecule has 20 heavy (non-hydrogen) atoms. The zero-order valence-electron chi connectivity index (χ0n) is 12.1. The molecular weight excluding hydrogens is 310 g/mol. The number of nitrogens with one attached hydrogen (secondary N) is 1. The molecule has 0 heterocycles. The maximum Gasteiger partial charge on any atom is 0.0325 e. The van der Waals surface area contributed by atoms with Crippen LogP contribution in [0.1, 0.15) is 49.9 Å². The highest BCUT2D eigenvalue weighted by Crippen LogP contribution is 2.24. The Balaban J connectivity index is 2.10. The van der Waals surface area contributed by atoms with Crippen molar-refractivity contribution >= 4 is 15.9 Å². The lowest BCUT2D eigenvalue weighted by atomic mass is 10.00. The second kappa shape index (κ2) is 7.61. The van der Waals surface area contributed by atoms with Gasteiger partial charge in [-0.1, -0.05) is 71.7 Å². The van der Waals surface area contributed by atoms with Gasteiger partial charge in [-0.05, 0) is 36.6 Å². The van der Waals surface area contributed by atoms with Crippen molar-refractivity contribution in [3.63, 3.8) is 0 Å². The quantitative estimate of drug-likeness (QED) is 0.722. The molecule has 2 heteroatoms. The molecule has 0 bridgehead atoms. The number of benzene rings is 2. The molecule has 1 nitrogen and oxygen atoms in total. The number of hydrogen-bond donors (Lipinski definition) is 1. The average molecular weight is 332 g/mol. The standard InChI is InChI=1S/C18H22BrN/c1-3-7-18(16-8-5-4-6-9-16)20-14(2)15-10-12-17(19)13-11-15/h4-6,8-14,18,20H,3,7H2,1-2H3/t14-,18?/m0/s1. The normalized spacial score (nSPS) is 13.9. The summed E-state index contributed by atoms with van der Waals surface area (Å²) in [5, 5.41) is 3.75. The van der Waals surface area contributed by atoms with E-state index in [1.807, 2.05) is 0 Å². The largest absolute Gasteiger partial charge is 0.303 e. The van der Waals surface area contributed by atoms with Crippen LogP contribution in [0.4, 0.5) is 0 Å². The lowest BCUT2D eigenvalue weighted by molar-refractivity contribution is 0.439. The van der Waals surface area contributed by atoms with Crippen molar-refractivity contribution in [2.45, 2.75) is 38.8 Å². The molecule has 0 spiro atoms. The van der Waals surface area contributed by atoms with E-state index in [1.54, 1.807) is 0 Å². The number of halogens is 1. The molecule has 0 aliphatic heterocycles. The molecular formula is C18H22BrN. The van der Waals surface area contributed by atoms with Crippen LogP contribution in [0.2, 0.25) is 0 Å². The third kappa shape index (κ3) is 4.19. The van der Waals surface area contributed by atoms with Gasteiger partial charge in [0.2, 0.25) is 0 Å². The smallest absolute Gasteiger partial charge is 0.0325 e. The van der Waals surface area contributed by atoms with E-state index >= 15 is 0 Å². The molecule has 0 aromatic heterocycles. The van der Waals surface area contributed by atoms with Crippen molar-refractivity contribution < 1.29 is 0 Å². The van der Waals surface area contributed by atoms with Gasteiger partial charge >= 0.3 is 0 Å². The Morgan fingerprint density at radius 2 is 1.60 bits per heavy atom. The van der Waals surface area contributed by atoms with Crippen LogP contribution in [-0.2, 0) is 0 Å².